The summed E-state index contributed by atoms with van der Waals surface area (Å²) in [7, 11) is 0. The average molecular weight is 702 g/mol. The molecule has 8 aliphatic rings. The Morgan fingerprint density at radius 3 is 2.42 bits per heavy atom. The van der Waals surface area contributed by atoms with E-state index in [1.54, 1.807) is 13.8 Å². The quantitative estimate of drug-likeness (QED) is 0.371. The summed E-state index contributed by atoms with van der Waals surface area (Å²) < 4.78 is 30.8. The summed E-state index contributed by atoms with van der Waals surface area (Å²) in [6.45, 7) is 19.1. The van der Waals surface area contributed by atoms with E-state index in [1.807, 2.05) is 0 Å². The van der Waals surface area contributed by atoms with Crippen molar-refractivity contribution in [3.8, 4) is 0 Å². The van der Waals surface area contributed by atoms with Crippen LogP contribution < -0.4 is 0 Å². The SMILES string of the molecule is CC(=O)O[C@@H]([C@H]1CC(C)C2[C@H](O1)[C@H](O)[C@@]1(C)[C@@H]3CC[C@H]4C(C)(C)[C@@H](O[C@H]5CN([C@@H]6CCOC6=O)CCO5)CC[C@@]45C[C@@]35CC[C@]21C)C(C)(C)O. The van der Waals surface area contributed by atoms with Gasteiger partial charge in [-0.1, -0.05) is 34.6 Å². The maximum Gasteiger partial charge on any atom is 0.323 e. The summed E-state index contributed by atoms with van der Waals surface area (Å²) >= 11 is 0. The van der Waals surface area contributed by atoms with Gasteiger partial charge in [-0.05, 0) is 111 Å². The summed E-state index contributed by atoms with van der Waals surface area (Å²) in [4.78, 5) is 26.6. The molecule has 0 radical (unpaired) electrons. The van der Waals surface area contributed by atoms with Crippen LogP contribution in [-0.4, -0.2) is 102 Å². The zero-order valence-electron chi connectivity index (χ0n) is 31.7. The number of fused-ring (bicyclic) bond motifs is 4. The Balaban J connectivity index is 1.02. The molecule has 10 nitrogen and oxygen atoms in total. The number of aliphatic hydroxyl groups is 2. The van der Waals surface area contributed by atoms with Crippen molar-refractivity contribution in [3.63, 3.8) is 0 Å². The van der Waals surface area contributed by atoms with Crippen LogP contribution in [-0.2, 0) is 33.3 Å². The van der Waals surface area contributed by atoms with E-state index in [0.29, 0.717) is 38.0 Å². The largest absolute Gasteiger partial charge is 0.464 e. The highest BCUT2D eigenvalue weighted by molar-refractivity contribution is 5.77. The Morgan fingerprint density at radius 1 is 1.02 bits per heavy atom. The van der Waals surface area contributed by atoms with Crippen LogP contribution in [0.1, 0.15) is 113 Å². The molecule has 0 aromatic rings. The Labute approximate surface area is 298 Å². The molecule has 0 bridgehead atoms. The van der Waals surface area contributed by atoms with Gasteiger partial charge in [0.2, 0.25) is 0 Å². The van der Waals surface area contributed by atoms with Crippen LogP contribution in [0.3, 0.4) is 0 Å². The van der Waals surface area contributed by atoms with Crippen LogP contribution in [0.4, 0.5) is 0 Å². The molecule has 2 spiro atoms. The highest BCUT2D eigenvalue weighted by Gasteiger charge is 2.84. The summed E-state index contributed by atoms with van der Waals surface area (Å²) in [6.07, 6.45) is 6.81. The molecule has 0 aromatic heterocycles. The smallest absolute Gasteiger partial charge is 0.323 e. The number of aliphatic hydroxyl groups excluding tert-OH is 1. The lowest BCUT2D eigenvalue weighted by Gasteiger charge is -2.64. The van der Waals surface area contributed by atoms with Crippen LogP contribution in [0.25, 0.3) is 0 Å². The molecule has 0 aromatic carbocycles. The first kappa shape index (κ1) is 35.7. The molecular weight excluding hydrogens is 638 g/mol. The molecule has 8 fully saturated rings. The minimum absolute atomic E-state index is 0.0255. The van der Waals surface area contributed by atoms with E-state index >= 15 is 0 Å². The van der Waals surface area contributed by atoms with E-state index < -0.39 is 29.9 Å². The first-order valence-electron chi connectivity index (χ1n) is 19.8. The van der Waals surface area contributed by atoms with Crippen molar-refractivity contribution in [1.82, 2.24) is 4.90 Å². The number of morpholine rings is 1. The highest BCUT2D eigenvalue weighted by atomic mass is 16.7. The third-order valence-corrected chi connectivity index (χ3v) is 16.8. The molecular formula is C40H63NO9. The molecule has 15 atom stereocenters. The topological polar surface area (TPSA) is 124 Å². The maximum atomic E-state index is 12.6. The number of ether oxygens (including phenoxy) is 5. The number of rotatable bonds is 6. The van der Waals surface area contributed by atoms with Gasteiger partial charge in [-0.2, -0.15) is 0 Å². The maximum absolute atomic E-state index is 12.6. The predicted octanol–water partition coefficient (Wildman–Crippen LogP) is 4.86. The van der Waals surface area contributed by atoms with Gasteiger partial charge in [-0.25, -0.2) is 0 Å². The number of esters is 2. The predicted molar refractivity (Wildman–Crippen MR) is 184 cm³/mol. The molecule has 50 heavy (non-hydrogen) atoms. The van der Waals surface area contributed by atoms with Gasteiger partial charge in [0.25, 0.3) is 0 Å². The first-order valence-corrected chi connectivity index (χ1v) is 19.8. The minimum Gasteiger partial charge on any atom is -0.464 e. The minimum atomic E-state index is -1.27. The van der Waals surface area contributed by atoms with Crippen LogP contribution in [0.2, 0.25) is 0 Å². The Bertz CT molecular complexity index is 1380. The zero-order valence-corrected chi connectivity index (χ0v) is 31.7. The second-order valence-electron chi connectivity index (χ2n) is 19.6. The molecule has 10 heteroatoms. The lowest BCUT2D eigenvalue weighted by atomic mass is 9.41. The number of nitrogens with zero attached hydrogens (tertiary/aromatic N) is 1. The Morgan fingerprint density at radius 2 is 1.74 bits per heavy atom. The van der Waals surface area contributed by atoms with E-state index in [-0.39, 0.29) is 69.4 Å². The van der Waals surface area contributed by atoms with Gasteiger partial charge in [0, 0.05) is 25.3 Å². The van der Waals surface area contributed by atoms with Crippen molar-refractivity contribution in [2.75, 3.05) is 26.3 Å². The van der Waals surface area contributed by atoms with Crippen LogP contribution in [0.5, 0.6) is 0 Å². The van der Waals surface area contributed by atoms with E-state index in [4.69, 9.17) is 23.7 Å². The molecule has 5 aliphatic carbocycles. The normalized spacial score (nSPS) is 51.7. The number of hydrogen-bond acceptors (Lipinski definition) is 10. The van der Waals surface area contributed by atoms with Crippen molar-refractivity contribution in [3.05, 3.63) is 0 Å². The lowest BCUT2D eigenvalue weighted by Crippen LogP contribution is -2.60. The fourth-order valence-electron chi connectivity index (χ4n) is 14.6. The third-order valence-electron chi connectivity index (χ3n) is 16.8. The standard InChI is InChI=1S/C40H63NO9/c1-22-19-25(33(36(5,6)45)48-23(2)42)49-31-30(22)37(7)14-15-40-21-39(40)13-11-28(35(3,4)26(39)9-10-27(40)38(37,8)32(31)43)50-29-20-41(16-18-46-29)24-12-17-47-34(24)44/h22,24-33,43,45H,9-21H2,1-8H3/t22?,24-,25-,26+,27+,28+,29+,30?,31+,32+,33+,37-,38-,39-,40+/m1/s1. The first-order chi connectivity index (χ1) is 23.4. The van der Waals surface area contributed by atoms with Crippen molar-refractivity contribution >= 4 is 11.9 Å². The van der Waals surface area contributed by atoms with Crippen molar-refractivity contribution in [2.24, 2.45) is 50.7 Å². The molecule has 5 saturated carbocycles. The van der Waals surface area contributed by atoms with Gasteiger partial charge >= 0.3 is 11.9 Å². The second-order valence-corrected chi connectivity index (χ2v) is 19.6. The fraction of sp³-hybridized carbons (Fsp3) is 0.950. The summed E-state index contributed by atoms with van der Waals surface area (Å²) in [5.74, 6) is 0.853. The summed E-state index contributed by atoms with van der Waals surface area (Å²) in [5.41, 5.74) is -1.19. The van der Waals surface area contributed by atoms with E-state index in [0.717, 1.165) is 45.1 Å². The van der Waals surface area contributed by atoms with Gasteiger partial charge in [0.05, 0.1) is 49.8 Å². The van der Waals surface area contributed by atoms with Gasteiger partial charge in [-0.15, -0.1) is 0 Å². The summed E-state index contributed by atoms with van der Waals surface area (Å²) in [6, 6.07) is -0.182. The zero-order chi connectivity index (χ0) is 35.8. The lowest BCUT2D eigenvalue weighted by molar-refractivity contribution is -0.250. The molecule has 2 unspecified atom stereocenters. The van der Waals surface area contributed by atoms with Crippen molar-refractivity contribution < 1.29 is 43.5 Å². The molecule has 282 valence electrons. The molecule has 3 saturated heterocycles. The average Bonchev–Trinajstić information content (AvgIpc) is 3.44. The van der Waals surface area contributed by atoms with Gasteiger partial charge in [0.1, 0.15) is 6.04 Å². The Hall–Kier alpha value is -1.30. The van der Waals surface area contributed by atoms with Crippen LogP contribution in [0, 0.1) is 50.7 Å². The van der Waals surface area contributed by atoms with E-state index in [9.17, 15) is 19.8 Å². The number of cyclic esters (lactones) is 1. The highest BCUT2D eigenvalue weighted by Crippen LogP contribution is 2.89. The number of carbonyl (C=O) groups is 2. The molecule has 2 N–H and O–H groups in total. The van der Waals surface area contributed by atoms with Gasteiger partial charge in [-0.3, -0.25) is 14.5 Å². The second kappa shape index (κ2) is 11.6. The van der Waals surface area contributed by atoms with E-state index in [1.165, 1.54) is 19.8 Å². The van der Waals surface area contributed by atoms with Crippen molar-refractivity contribution in [1.29, 1.82) is 0 Å². The van der Waals surface area contributed by atoms with Crippen LogP contribution >= 0.6 is 0 Å². The Kier molecular flexibility index (Phi) is 8.29. The van der Waals surface area contributed by atoms with Crippen LogP contribution in [0.15, 0.2) is 0 Å². The summed E-state index contributed by atoms with van der Waals surface area (Å²) in [5, 5.41) is 23.6. The molecule has 8 rings (SSSR count). The molecule has 0 amide bonds. The van der Waals surface area contributed by atoms with Crippen molar-refractivity contribution in [2.45, 2.75) is 162 Å². The number of hydrogen-bond donors (Lipinski definition) is 2. The monoisotopic (exact) mass is 701 g/mol. The third kappa shape index (κ3) is 4.79. The molecule has 3 heterocycles. The molecule has 3 aliphatic heterocycles. The van der Waals surface area contributed by atoms with E-state index in [2.05, 4.69) is 39.5 Å². The fourth-order valence-corrected chi connectivity index (χ4v) is 14.6. The number of carbonyl (C=O) groups excluding carboxylic acids is 2. The van der Waals surface area contributed by atoms with Gasteiger partial charge < -0.3 is 33.9 Å². The van der Waals surface area contributed by atoms with Gasteiger partial charge in [0.15, 0.2) is 12.4 Å².